The number of hydrogen-bond acceptors (Lipinski definition) is 15. The maximum atomic E-state index is 12.4. The first-order valence-corrected chi connectivity index (χ1v) is 53.0. The van der Waals surface area contributed by atoms with Gasteiger partial charge in [-0.05, 0) is 403 Å². The molecule has 0 radical (unpaired) electrons. The average Bonchev–Trinajstić information content (AvgIpc) is 0.854. The van der Waals surface area contributed by atoms with Gasteiger partial charge in [0.2, 0.25) is 0 Å². The Hall–Kier alpha value is -5.15. The van der Waals surface area contributed by atoms with Crippen molar-refractivity contribution >= 4 is 93.0 Å². The van der Waals surface area contributed by atoms with Gasteiger partial charge in [0.15, 0.2) is 0 Å². The maximum absolute atomic E-state index is 12.4. The van der Waals surface area contributed by atoms with Crippen molar-refractivity contribution in [2.24, 2.45) is 118 Å². The van der Waals surface area contributed by atoms with Crippen LogP contribution >= 0.6 is 63.1 Å². The molecular weight excluding hydrogens is 1740 g/mol. The normalized spacial score (nSPS) is 28.8. The molecule has 0 unspecified atom stereocenters. The van der Waals surface area contributed by atoms with Crippen LogP contribution in [0.5, 0.6) is 28.7 Å². The predicted octanol–water partition coefficient (Wildman–Crippen LogP) is 32.2. The molecule has 0 amide bonds. The minimum Gasteiger partial charge on any atom is -0.426 e. The third kappa shape index (κ3) is 37.7. The Balaban J connectivity index is 0.000000248. The van der Waals surface area contributed by atoms with Gasteiger partial charge in [-0.25, -0.2) is 0 Å². The highest BCUT2D eigenvalue weighted by molar-refractivity contribution is 7.81. The second-order valence-corrected chi connectivity index (χ2v) is 43.1. The monoisotopic (exact) mass is 1900 g/mol. The molecule has 10 nitrogen and oxygen atoms in total. The van der Waals surface area contributed by atoms with Gasteiger partial charge in [0.25, 0.3) is 0 Å². The van der Waals surface area contributed by atoms with E-state index in [4.69, 9.17) is 23.7 Å². The number of ether oxygens (including phenoxy) is 5. The van der Waals surface area contributed by atoms with E-state index >= 15 is 0 Å². The van der Waals surface area contributed by atoms with E-state index in [1.54, 1.807) is 0 Å². The summed E-state index contributed by atoms with van der Waals surface area (Å²) in [4.78, 5) is 66.5. The van der Waals surface area contributed by atoms with Crippen molar-refractivity contribution < 1.29 is 71.2 Å². The zero-order chi connectivity index (χ0) is 88.2. The lowest BCUT2D eigenvalue weighted by Gasteiger charge is -2.37. The second kappa shape index (κ2) is 61.1. The van der Waals surface area contributed by atoms with Crippen LogP contribution < -0.4 is 23.7 Å². The van der Waals surface area contributed by atoms with Gasteiger partial charge in [-0.3, -0.25) is 47.5 Å². The smallest absolute Gasteiger partial charge is 0.314 e. The summed E-state index contributed by atoms with van der Waals surface area (Å²) in [5.74, 6) is 17.1. The van der Waals surface area contributed by atoms with E-state index in [-0.39, 0.29) is 83.0 Å². The van der Waals surface area contributed by atoms with Crippen molar-refractivity contribution in [1.82, 2.24) is 0 Å². The molecule has 5 aromatic carbocycles. The lowest BCUT2D eigenvalue weighted by Crippen LogP contribution is -2.30. The van der Waals surface area contributed by atoms with Crippen molar-refractivity contribution in [2.45, 2.75) is 380 Å². The minimum atomic E-state index is -0.0444. The summed E-state index contributed by atoms with van der Waals surface area (Å²) in [6, 6.07) is 36.8. The standard InChI is InChI=1S/5C22H32O2S.5FH/c5*1-2-3-16-4-6-17(7-5-16)18-8-10-19(11-9-18)22(23)24-20-12-14-21(25)15-13-20;;;;;/h5*12-19,25H,2-11H2,1H3;5*1H. The molecule has 0 bridgehead atoms. The van der Waals surface area contributed by atoms with E-state index in [1.807, 2.05) is 121 Å². The van der Waals surface area contributed by atoms with Gasteiger partial charge in [-0.2, -0.15) is 0 Å². The van der Waals surface area contributed by atoms with Crippen molar-refractivity contribution in [1.29, 1.82) is 0 Å². The molecule has 0 spiro atoms. The summed E-state index contributed by atoms with van der Waals surface area (Å²) in [5, 5.41) is 0. The molecule has 10 aliphatic rings. The lowest BCUT2D eigenvalue weighted by atomic mass is 9.69. The zero-order valence-corrected chi connectivity index (χ0v) is 83.8. The Bertz CT molecular complexity index is 3310. The zero-order valence-electron chi connectivity index (χ0n) is 79.3. The molecule has 0 saturated heterocycles. The van der Waals surface area contributed by atoms with E-state index in [9.17, 15) is 24.0 Å². The van der Waals surface area contributed by atoms with Crippen LogP contribution in [0.1, 0.15) is 356 Å². The molecular formula is C110H165F5O10S5. The van der Waals surface area contributed by atoms with Crippen molar-refractivity contribution in [3.63, 3.8) is 0 Å². The molecule has 15 rings (SSSR count). The highest BCUT2D eigenvalue weighted by atomic mass is 32.1. The Morgan fingerprint density at radius 3 is 0.408 bits per heavy atom. The molecule has 0 aliphatic heterocycles. The van der Waals surface area contributed by atoms with E-state index < -0.39 is 0 Å². The fraction of sp³-hybridized carbons (Fsp3) is 0.682. The molecule has 0 heterocycles. The summed E-state index contributed by atoms with van der Waals surface area (Å²) in [6.45, 7) is 11.5. The molecule has 10 aliphatic carbocycles. The summed E-state index contributed by atoms with van der Waals surface area (Å²) in [6.07, 6.45) is 64.3. The highest BCUT2D eigenvalue weighted by Gasteiger charge is 2.40. The average molecular weight is 1900 g/mol. The largest absolute Gasteiger partial charge is 0.426 e. The first-order chi connectivity index (χ1) is 60.8. The van der Waals surface area contributed by atoms with Crippen LogP contribution in [0.4, 0.5) is 23.5 Å². The van der Waals surface area contributed by atoms with Gasteiger partial charge in [-0.1, -0.05) is 163 Å². The van der Waals surface area contributed by atoms with Crippen LogP contribution in [0.3, 0.4) is 0 Å². The Labute approximate surface area is 807 Å². The second-order valence-electron chi connectivity index (χ2n) is 40.5. The minimum absolute atomic E-state index is 0. The van der Waals surface area contributed by atoms with Crippen molar-refractivity contribution in [3.8, 4) is 28.7 Å². The molecule has 5 aromatic rings. The van der Waals surface area contributed by atoms with E-state index in [1.165, 1.54) is 257 Å². The number of benzene rings is 5. The van der Waals surface area contributed by atoms with E-state index in [0.29, 0.717) is 28.7 Å². The lowest BCUT2D eigenvalue weighted by molar-refractivity contribution is -0.141. The van der Waals surface area contributed by atoms with Crippen LogP contribution in [0.25, 0.3) is 0 Å². The number of carbonyl (C=O) groups is 5. The van der Waals surface area contributed by atoms with Crippen molar-refractivity contribution in [2.75, 3.05) is 0 Å². The van der Waals surface area contributed by atoms with Crippen LogP contribution in [0.15, 0.2) is 146 Å². The summed E-state index contributed by atoms with van der Waals surface area (Å²) in [5.41, 5.74) is 0. The van der Waals surface area contributed by atoms with Gasteiger partial charge in [0, 0.05) is 24.5 Å². The number of hydrogen-bond donors (Lipinski definition) is 5. The number of rotatable bonds is 25. The topological polar surface area (TPSA) is 132 Å². The van der Waals surface area contributed by atoms with E-state index in [0.717, 1.165) is 177 Å². The molecule has 0 aromatic heterocycles. The molecule has 10 saturated carbocycles. The van der Waals surface area contributed by atoms with Gasteiger partial charge in [0.1, 0.15) is 28.7 Å². The van der Waals surface area contributed by atoms with Gasteiger partial charge in [0.05, 0.1) is 29.6 Å². The number of thiol groups is 5. The summed E-state index contributed by atoms with van der Waals surface area (Å²) < 4.78 is 27.8. The number of halogens is 5. The first-order valence-electron chi connectivity index (χ1n) is 50.8. The third-order valence-corrected chi connectivity index (χ3v) is 33.6. The number of esters is 5. The maximum Gasteiger partial charge on any atom is 0.314 e. The quantitative estimate of drug-likeness (QED) is 0.0167. The van der Waals surface area contributed by atoms with Gasteiger partial charge in [-0.15, -0.1) is 63.1 Å². The van der Waals surface area contributed by atoms with Crippen LogP contribution in [0.2, 0.25) is 0 Å². The fourth-order valence-corrected chi connectivity index (χ4v) is 25.2. The highest BCUT2D eigenvalue weighted by Crippen LogP contribution is 2.49. The van der Waals surface area contributed by atoms with Crippen molar-refractivity contribution in [3.05, 3.63) is 121 Å². The van der Waals surface area contributed by atoms with Gasteiger partial charge >= 0.3 is 29.8 Å². The van der Waals surface area contributed by atoms with Crippen LogP contribution in [-0.4, -0.2) is 29.8 Å². The van der Waals surface area contributed by atoms with E-state index in [2.05, 4.69) is 97.8 Å². The third-order valence-electron chi connectivity index (χ3n) is 32.1. The molecule has 730 valence electrons. The Morgan fingerprint density at radius 2 is 0.300 bits per heavy atom. The molecule has 130 heavy (non-hydrogen) atoms. The molecule has 0 atom stereocenters. The molecule has 20 heteroatoms. The van der Waals surface area contributed by atoms with Crippen LogP contribution in [-0.2, 0) is 24.0 Å². The Morgan fingerprint density at radius 1 is 0.192 bits per heavy atom. The van der Waals surface area contributed by atoms with Crippen LogP contribution in [0, 0.1) is 118 Å². The molecule has 0 N–H and O–H groups in total. The first kappa shape index (κ1) is 114. The Kier molecular flexibility index (Phi) is 53.4. The summed E-state index contributed by atoms with van der Waals surface area (Å²) >= 11 is 21.3. The number of carbonyl (C=O) groups excluding carboxylic acids is 5. The predicted molar refractivity (Wildman–Crippen MR) is 538 cm³/mol. The summed E-state index contributed by atoms with van der Waals surface area (Å²) in [7, 11) is 0. The molecule has 10 fully saturated rings. The van der Waals surface area contributed by atoms with Gasteiger partial charge < -0.3 is 23.7 Å². The fourth-order valence-electron chi connectivity index (χ4n) is 24.5. The SMILES string of the molecule is CCCC1CCC(C2CCC(C(=O)Oc3ccc(S)cc3)CC2)CC1.CCCC1CCC(C2CCC(C(=O)Oc3ccc(S)cc3)CC2)CC1.CCCC1CCC(C2CCC(C(=O)Oc3ccc(S)cc3)CC2)CC1.CCCC1CCC(C2CCC(C(=O)Oc3ccc(S)cc3)CC2)CC1.CCCC1CCC(C2CCC(C(=O)Oc3ccc(S)cc3)CC2)CC1.F.F.F.F.F.